The zero-order valence-corrected chi connectivity index (χ0v) is 18.5. The molecule has 0 atom stereocenters. The maximum Gasteiger partial charge on any atom is 0.421 e. The second kappa shape index (κ2) is 10.1. The first-order valence-electron chi connectivity index (χ1n) is 11.2. The van der Waals surface area contributed by atoms with Gasteiger partial charge in [-0.25, -0.2) is 4.98 Å². The number of aromatic nitrogens is 2. The highest BCUT2D eigenvalue weighted by Gasteiger charge is 2.35. The van der Waals surface area contributed by atoms with E-state index in [1.807, 2.05) is 19.1 Å². The van der Waals surface area contributed by atoms with E-state index < -0.39 is 11.7 Å². The largest absolute Gasteiger partial charge is 0.494 e. The number of alkyl halides is 3. The fourth-order valence-corrected chi connectivity index (χ4v) is 3.99. The van der Waals surface area contributed by atoms with Gasteiger partial charge in [0.15, 0.2) is 0 Å². The van der Waals surface area contributed by atoms with Crippen molar-refractivity contribution in [1.82, 2.24) is 9.97 Å². The number of anilines is 4. The third kappa shape index (κ3) is 5.94. The molecule has 0 aliphatic heterocycles. The Hall–Kier alpha value is -3.29. The van der Waals surface area contributed by atoms with E-state index in [9.17, 15) is 13.2 Å². The second-order valence-electron chi connectivity index (χ2n) is 8.18. The molecule has 0 unspecified atom stereocenters. The molecule has 1 aliphatic rings. The summed E-state index contributed by atoms with van der Waals surface area (Å²) in [5, 5.41) is 5.79. The summed E-state index contributed by atoms with van der Waals surface area (Å²) in [5.41, 5.74) is 1.51. The molecule has 33 heavy (non-hydrogen) atoms. The zero-order chi connectivity index (χ0) is 23.3. The number of hydrogen-bond donors (Lipinski definition) is 2. The number of hydrogen-bond acceptors (Lipinski definition) is 5. The van der Waals surface area contributed by atoms with Crippen LogP contribution in [0.25, 0.3) is 0 Å². The molecule has 3 aromatic rings. The summed E-state index contributed by atoms with van der Waals surface area (Å²) in [6, 6.07) is 14.7. The lowest BCUT2D eigenvalue weighted by Gasteiger charge is -2.16. The van der Waals surface area contributed by atoms with Crippen molar-refractivity contribution in [1.29, 1.82) is 0 Å². The van der Waals surface area contributed by atoms with Crippen LogP contribution in [0.2, 0.25) is 0 Å². The topological polar surface area (TPSA) is 59.1 Å². The van der Waals surface area contributed by atoms with Gasteiger partial charge in [-0.05, 0) is 55.0 Å². The standard InChI is InChI=1S/C25H27F3N4O/c1-2-14-33-21-9-5-8-20(15-21)30-23-22(25(26,27)28)16-29-24(32-23)31-19-12-10-18(11-13-19)17-6-3-4-7-17/h5,8-13,15-17H,2-4,6-7,14H2,1H3,(H2,29,30,31,32). The first-order chi connectivity index (χ1) is 15.9. The van der Waals surface area contributed by atoms with Crippen molar-refractivity contribution >= 4 is 23.1 Å². The molecule has 0 saturated heterocycles. The van der Waals surface area contributed by atoms with Crippen molar-refractivity contribution in [3.05, 3.63) is 65.9 Å². The van der Waals surface area contributed by atoms with Crippen molar-refractivity contribution in [2.75, 3.05) is 17.2 Å². The van der Waals surface area contributed by atoms with Crippen LogP contribution in [0, 0.1) is 0 Å². The van der Waals surface area contributed by atoms with E-state index in [2.05, 4.69) is 32.7 Å². The molecule has 5 nitrogen and oxygen atoms in total. The molecule has 0 spiro atoms. The third-order valence-corrected chi connectivity index (χ3v) is 5.66. The number of nitrogens with zero attached hydrogens (tertiary/aromatic N) is 2. The molecule has 1 heterocycles. The van der Waals surface area contributed by atoms with E-state index in [4.69, 9.17) is 4.74 Å². The number of halogens is 3. The molecule has 2 N–H and O–H groups in total. The highest BCUT2D eigenvalue weighted by atomic mass is 19.4. The fraction of sp³-hybridized carbons (Fsp3) is 0.360. The Morgan fingerprint density at radius 1 is 1.00 bits per heavy atom. The average molecular weight is 457 g/mol. The molecule has 174 valence electrons. The predicted octanol–water partition coefficient (Wildman–Crippen LogP) is 7.43. The Kier molecular flexibility index (Phi) is 7.01. The highest BCUT2D eigenvalue weighted by molar-refractivity contribution is 5.64. The Labute approximate surface area is 191 Å². The average Bonchev–Trinajstić information content (AvgIpc) is 3.33. The van der Waals surface area contributed by atoms with Gasteiger partial charge in [0.2, 0.25) is 5.95 Å². The van der Waals surface area contributed by atoms with Gasteiger partial charge in [0, 0.05) is 23.6 Å². The summed E-state index contributed by atoms with van der Waals surface area (Å²) < 4.78 is 46.3. The minimum Gasteiger partial charge on any atom is -0.494 e. The van der Waals surface area contributed by atoms with Crippen LogP contribution >= 0.6 is 0 Å². The van der Waals surface area contributed by atoms with Gasteiger partial charge in [-0.3, -0.25) is 0 Å². The van der Waals surface area contributed by atoms with E-state index in [0.29, 0.717) is 24.0 Å². The molecule has 0 amide bonds. The van der Waals surface area contributed by atoms with Gasteiger partial charge in [0.1, 0.15) is 17.1 Å². The fourth-order valence-electron chi connectivity index (χ4n) is 3.99. The number of rotatable bonds is 8. The summed E-state index contributed by atoms with van der Waals surface area (Å²) in [6.07, 6.45) is 1.95. The molecule has 8 heteroatoms. The number of benzene rings is 2. The minimum absolute atomic E-state index is 0.0810. The summed E-state index contributed by atoms with van der Waals surface area (Å²) in [4.78, 5) is 8.02. The molecule has 0 radical (unpaired) electrons. The van der Waals surface area contributed by atoms with Gasteiger partial charge < -0.3 is 15.4 Å². The van der Waals surface area contributed by atoms with E-state index in [0.717, 1.165) is 18.3 Å². The maximum atomic E-state index is 13.6. The molecule has 2 aromatic carbocycles. The van der Waals surface area contributed by atoms with Crippen molar-refractivity contribution in [2.45, 2.75) is 51.1 Å². The molecular formula is C25H27F3N4O. The van der Waals surface area contributed by atoms with Gasteiger partial charge >= 0.3 is 6.18 Å². The highest BCUT2D eigenvalue weighted by Crippen LogP contribution is 2.37. The summed E-state index contributed by atoms with van der Waals surface area (Å²) in [7, 11) is 0. The number of ether oxygens (including phenoxy) is 1. The van der Waals surface area contributed by atoms with Gasteiger partial charge in [-0.2, -0.15) is 18.2 Å². The normalized spacial score (nSPS) is 14.3. The van der Waals surface area contributed by atoms with Crippen LogP contribution in [0.1, 0.15) is 56.1 Å². The van der Waals surface area contributed by atoms with Crippen LogP contribution < -0.4 is 15.4 Å². The first-order valence-corrected chi connectivity index (χ1v) is 11.2. The monoisotopic (exact) mass is 456 g/mol. The Bertz CT molecular complexity index is 1060. The SMILES string of the molecule is CCCOc1cccc(Nc2nc(Nc3ccc(C4CCCC4)cc3)ncc2C(F)(F)F)c1. The molecular weight excluding hydrogens is 429 g/mol. The second-order valence-corrected chi connectivity index (χ2v) is 8.18. The minimum atomic E-state index is -4.60. The molecule has 1 saturated carbocycles. The zero-order valence-electron chi connectivity index (χ0n) is 18.5. The smallest absolute Gasteiger partial charge is 0.421 e. The van der Waals surface area contributed by atoms with Crippen molar-refractivity contribution in [2.24, 2.45) is 0 Å². The molecule has 1 aliphatic carbocycles. The van der Waals surface area contributed by atoms with E-state index in [1.165, 1.54) is 31.2 Å². The van der Waals surface area contributed by atoms with Crippen LogP contribution in [0.15, 0.2) is 54.7 Å². The Morgan fingerprint density at radius 2 is 1.76 bits per heavy atom. The quantitative estimate of drug-likeness (QED) is 0.369. The molecule has 1 fully saturated rings. The van der Waals surface area contributed by atoms with Gasteiger partial charge in [-0.1, -0.05) is 38.0 Å². The van der Waals surface area contributed by atoms with Crippen molar-refractivity contribution in [3.63, 3.8) is 0 Å². The van der Waals surface area contributed by atoms with Crippen LogP contribution in [0.4, 0.5) is 36.3 Å². The van der Waals surface area contributed by atoms with Crippen LogP contribution in [-0.4, -0.2) is 16.6 Å². The maximum absolute atomic E-state index is 13.6. The summed E-state index contributed by atoms with van der Waals surface area (Å²) >= 11 is 0. The Balaban J connectivity index is 1.55. The predicted molar refractivity (Wildman–Crippen MR) is 123 cm³/mol. The first kappa shape index (κ1) is 22.9. The summed E-state index contributed by atoms with van der Waals surface area (Å²) in [5.74, 6) is 0.923. The lowest BCUT2D eigenvalue weighted by Crippen LogP contribution is -2.12. The molecule has 4 rings (SSSR count). The number of nitrogens with one attached hydrogen (secondary N) is 2. The molecule has 1 aromatic heterocycles. The van der Waals surface area contributed by atoms with Gasteiger partial charge in [-0.15, -0.1) is 0 Å². The lowest BCUT2D eigenvalue weighted by molar-refractivity contribution is -0.137. The third-order valence-electron chi connectivity index (χ3n) is 5.66. The van der Waals surface area contributed by atoms with E-state index >= 15 is 0 Å². The Morgan fingerprint density at radius 3 is 2.45 bits per heavy atom. The van der Waals surface area contributed by atoms with E-state index in [1.54, 1.807) is 24.3 Å². The van der Waals surface area contributed by atoms with Crippen molar-refractivity contribution < 1.29 is 17.9 Å². The van der Waals surface area contributed by atoms with Crippen LogP contribution in [0.3, 0.4) is 0 Å². The van der Waals surface area contributed by atoms with Gasteiger partial charge in [0.05, 0.1) is 6.61 Å². The molecule has 0 bridgehead atoms. The van der Waals surface area contributed by atoms with Crippen LogP contribution in [-0.2, 0) is 6.18 Å². The lowest BCUT2D eigenvalue weighted by atomic mass is 9.98. The van der Waals surface area contributed by atoms with Crippen molar-refractivity contribution in [3.8, 4) is 5.75 Å². The van der Waals surface area contributed by atoms with E-state index in [-0.39, 0.29) is 11.8 Å². The van der Waals surface area contributed by atoms with Gasteiger partial charge in [0.25, 0.3) is 0 Å². The van der Waals surface area contributed by atoms with Crippen LogP contribution in [0.5, 0.6) is 5.75 Å². The summed E-state index contributed by atoms with van der Waals surface area (Å²) in [6.45, 7) is 2.51.